The summed E-state index contributed by atoms with van der Waals surface area (Å²) in [6.45, 7) is 2.25. The summed E-state index contributed by atoms with van der Waals surface area (Å²) in [5.41, 5.74) is 0. The number of hydrogen-bond acceptors (Lipinski definition) is 1. The van der Waals surface area contributed by atoms with E-state index in [1.165, 1.54) is 12.8 Å². The fourth-order valence-electron chi connectivity index (χ4n) is 0.832. The summed E-state index contributed by atoms with van der Waals surface area (Å²) in [7, 11) is 2.03. The first kappa shape index (κ1) is 5.10. The van der Waals surface area contributed by atoms with E-state index in [9.17, 15) is 0 Å². The Hall–Kier alpha value is -0.0400. The Kier molecular flexibility index (Phi) is 1.33. The van der Waals surface area contributed by atoms with E-state index >= 15 is 0 Å². The highest BCUT2D eigenvalue weighted by atomic mass is 14.9. The Bertz CT molecular complexity index is 57.2. The molecule has 0 aromatic heterocycles. The summed E-state index contributed by atoms with van der Waals surface area (Å²) >= 11 is 0. The fourth-order valence-corrected chi connectivity index (χ4v) is 0.832. The fraction of sp³-hybridized carbons (Fsp3) is 1.00. The van der Waals surface area contributed by atoms with E-state index in [1.54, 1.807) is 0 Å². The zero-order valence-electron chi connectivity index (χ0n) is 5.07. The third-order valence-corrected chi connectivity index (χ3v) is 1.78. The molecule has 1 aliphatic rings. The predicted octanol–water partition coefficient (Wildman–Crippen LogP) is 1.00. The van der Waals surface area contributed by atoms with Gasteiger partial charge in [0.25, 0.3) is 0 Å². The number of rotatable bonds is 2. The molecule has 0 radical (unpaired) electrons. The molecule has 1 fully saturated rings. The van der Waals surface area contributed by atoms with Crippen LogP contribution in [0.1, 0.15) is 19.8 Å². The third-order valence-electron chi connectivity index (χ3n) is 1.78. The molecule has 1 atom stereocenters. The molecule has 0 aromatic rings. The Morgan fingerprint density at radius 3 is 2.29 bits per heavy atom. The van der Waals surface area contributed by atoms with Gasteiger partial charge < -0.3 is 5.32 Å². The molecule has 7 heavy (non-hydrogen) atoms. The minimum atomic E-state index is 0.764. The minimum Gasteiger partial charge on any atom is -0.317 e. The summed E-state index contributed by atoms with van der Waals surface area (Å²) in [5, 5.41) is 3.23. The summed E-state index contributed by atoms with van der Waals surface area (Å²) in [6, 6.07) is 0.764. The zero-order valence-corrected chi connectivity index (χ0v) is 5.07. The molecule has 1 N–H and O–H groups in total. The Balaban J connectivity index is 2.10. The standard InChI is InChI=1S/C6H13N/c1-5(7-2)6-3-4-6/h5-7H,3-4H2,1-2H3/t5-/m0/s1. The largest absolute Gasteiger partial charge is 0.317 e. The van der Waals surface area contributed by atoms with Crippen LogP contribution in [-0.4, -0.2) is 13.1 Å². The van der Waals surface area contributed by atoms with E-state index in [2.05, 4.69) is 12.2 Å². The van der Waals surface area contributed by atoms with Crippen molar-refractivity contribution in [1.82, 2.24) is 5.32 Å². The predicted molar refractivity (Wildman–Crippen MR) is 31.2 cm³/mol. The van der Waals surface area contributed by atoms with E-state index in [0.717, 1.165) is 12.0 Å². The molecule has 1 rings (SSSR count). The monoisotopic (exact) mass is 99.1 g/mol. The van der Waals surface area contributed by atoms with Gasteiger partial charge in [0.2, 0.25) is 0 Å². The van der Waals surface area contributed by atoms with E-state index in [1.807, 2.05) is 7.05 Å². The highest BCUT2D eigenvalue weighted by Gasteiger charge is 2.26. The molecule has 0 amide bonds. The lowest BCUT2D eigenvalue weighted by molar-refractivity contribution is 0.546. The smallest absolute Gasteiger partial charge is 0.00640 e. The summed E-state index contributed by atoms with van der Waals surface area (Å²) in [4.78, 5) is 0. The summed E-state index contributed by atoms with van der Waals surface area (Å²) in [5.74, 6) is 1.00. The first-order chi connectivity index (χ1) is 3.34. The van der Waals surface area contributed by atoms with E-state index in [0.29, 0.717) is 0 Å². The topological polar surface area (TPSA) is 12.0 Å². The Morgan fingerprint density at radius 2 is 2.14 bits per heavy atom. The van der Waals surface area contributed by atoms with Crippen LogP contribution in [0.15, 0.2) is 0 Å². The third kappa shape index (κ3) is 1.16. The van der Waals surface area contributed by atoms with Gasteiger partial charge in [-0.15, -0.1) is 0 Å². The van der Waals surface area contributed by atoms with Crippen LogP contribution >= 0.6 is 0 Å². The maximum atomic E-state index is 3.23. The molecule has 1 nitrogen and oxygen atoms in total. The van der Waals surface area contributed by atoms with Crippen molar-refractivity contribution in [1.29, 1.82) is 0 Å². The molecule has 0 heterocycles. The lowest BCUT2D eigenvalue weighted by Crippen LogP contribution is -2.22. The van der Waals surface area contributed by atoms with Gasteiger partial charge in [-0.3, -0.25) is 0 Å². The van der Waals surface area contributed by atoms with Gasteiger partial charge in [-0.2, -0.15) is 0 Å². The first-order valence-electron chi connectivity index (χ1n) is 3.02. The average Bonchev–Trinajstić information content (AvgIpc) is 2.44. The molecule has 42 valence electrons. The van der Waals surface area contributed by atoms with Crippen LogP contribution in [-0.2, 0) is 0 Å². The van der Waals surface area contributed by atoms with Crippen molar-refractivity contribution in [3.63, 3.8) is 0 Å². The molecule has 1 heteroatoms. The van der Waals surface area contributed by atoms with Gasteiger partial charge in [0.05, 0.1) is 0 Å². The van der Waals surface area contributed by atoms with E-state index < -0.39 is 0 Å². The molecular weight excluding hydrogens is 86.1 g/mol. The van der Waals surface area contributed by atoms with Crippen molar-refractivity contribution in [2.45, 2.75) is 25.8 Å². The van der Waals surface area contributed by atoms with Gasteiger partial charge in [0.15, 0.2) is 0 Å². The number of nitrogens with one attached hydrogen (secondary N) is 1. The second-order valence-electron chi connectivity index (χ2n) is 2.41. The molecule has 1 saturated carbocycles. The maximum absolute atomic E-state index is 3.23. The second-order valence-corrected chi connectivity index (χ2v) is 2.41. The molecule has 0 bridgehead atoms. The van der Waals surface area contributed by atoms with Crippen LogP contribution in [0.3, 0.4) is 0 Å². The van der Waals surface area contributed by atoms with Crippen molar-refractivity contribution in [3.05, 3.63) is 0 Å². The van der Waals surface area contributed by atoms with E-state index in [-0.39, 0.29) is 0 Å². The van der Waals surface area contributed by atoms with Gasteiger partial charge in [-0.25, -0.2) is 0 Å². The summed E-state index contributed by atoms with van der Waals surface area (Å²) in [6.07, 6.45) is 2.89. The van der Waals surface area contributed by atoms with Gasteiger partial charge in [-0.1, -0.05) is 0 Å². The number of hydrogen-bond donors (Lipinski definition) is 1. The quantitative estimate of drug-likeness (QED) is 0.544. The van der Waals surface area contributed by atoms with Gasteiger partial charge in [0, 0.05) is 6.04 Å². The van der Waals surface area contributed by atoms with Crippen molar-refractivity contribution in [2.24, 2.45) is 5.92 Å². The van der Waals surface area contributed by atoms with Crippen molar-refractivity contribution < 1.29 is 0 Å². The van der Waals surface area contributed by atoms with Crippen molar-refractivity contribution in [2.75, 3.05) is 7.05 Å². The normalized spacial score (nSPS) is 24.9. The van der Waals surface area contributed by atoms with Crippen molar-refractivity contribution in [3.8, 4) is 0 Å². The summed E-state index contributed by atoms with van der Waals surface area (Å²) < 4.78 is 0. The lowest BCUT2D eigenvalue weighted by Gasteiger charge is -2.04. The minimum absolute atomic E-state index is 0.764. The van der Waals surface area contributed by atoms with Crippen LogP contribution in [0.25, 0.3) is 0 Å². The van der Waals surface area contributed by atoms with E-state index in [4.69, 9.17) is 0 Å². The highest BCUT2D eigenvalue weighted by molar-refractivity contribution is 4.81. The Morgan fingerprint density at radius 1 is 1.57 bits per heavy atom. The molecule has 0 saturated heterocycles. The molecule has 0 aromatic carbocycles. The second kappa shape index (κ2) is 1.83. The van der Waals surface area contributed by atoms with Crippen LogP contribution in [0.5, 0.6) is 0 Å². The molecule has 0 unspecified atom stereocenters. The molecule has 1 aliphatic carbocycles. The van der Waals surface area contributed by atoms with Crippen molar-refractivity contribution >= 4 is 0 Å². The van der Waals surface area contributed by atoms with Gasteiger partial charge in [0.1, 0.15) is 0 Å². The average molecular weight is 99.2 g/mol. The molecular formula is C6H13N. The van der Waals surface area contributed by atoms with Crippen LogP contribution in [0, 0.1) is 5.92 Å². The van der Waals surface area contributed by atoms with Crippen LogP contribution in [0.2, 0.25) is 0 Å². The van der Waals surface area contributed by atoms with Crippen LogP contribution < -0.4 is 5.32 Å². The van der Waals surface area contributed by atoms with Crippen LogP contribution in [0.4, 0.5) is 0 Å². The van der Waals surface area contributed by atoms with Gasteiger partial charge in [-0.05, 0) is 32.7 Å². The zero-order chi connectivity index (χ0) is 5.28. The maximum Gasteiger partial charge on any atom is 0.00640 e. The SMILES string of the molecule is CN[C@@H](C)C1CC1. The molecule has 0 spiro atoms. The lowest BCUT2D eigenvalue weighted by atomic mass is 10.2. The van der Waals surface area contributed by atoms with Gasteiger partial charge >= 0.3 is 0 Å². The molecule has 0 aliphatic heterocycles. The highest BCUT2D eigenvalue weighted by Crippen LogP contribution is 2.31. The Labute approximate surface area is 45.1 Å². The first-order valence-corrected chi connectivity index (χ1v) is 3.02.